The second-order valence-electron chi connectivity index (χ2n) is 6.57. The zero-order valence-electron chi connectivity index (χ0n) is 14.3. The summed E-state index contributed by atoms with van der Waals surface area (Å²) in [6.07, 6.45) is 16.7. The van der Waals surface area contributed by atoms with E-state index in [1.165, 1.54) is 24.8 Å². The monoisotopic (exact) mass is 307 g/mol. The summed E-state index contributed by atoms with van der Waals surface area (Å²) < 4.78 is 0. The first kappa shape index (κ1) is 19.0. The van der Waals surface area contributed by atoms with Crippen molar-refractivity contribution >= 4 is 5.97 Å². The molecule has 1 aliphatic carbocycles. The van der Waals surface area contributed by atoms with Gasteiger partial charge in [0.15, 0.2) is 0 Å². The zero-order chi connectivity index (χ0) is 16.4. The van der Waals surface area contributed by atoms with Crippen LogP contribution >= 0.6 is 0 Å². The zero-order valence-corrected chi connectivity index (χ0v) is 14.3. The van der Waals surface area contributed by atoms with Gasteiger partial charge >= 0.3 is 5.97 Å². The van der Waals surface area contributed by atoms with Crippen LogP contribution in [-0.2, 0) is 4.79 Å². The minimum Gasteiger partial charge on any atom is -0.481 e. The Balaban J connectivity index is 2.60. The van der Waals surface area contributed by atoms with Gasteiger partial charge in [0.25, 0.3) is 0 Å². The number of unbranched alkanes of at least 4 members (excludes halogenated alkanes) is 6. The highest BCUT2D eigenvalue weighted by atomic mass is 16.4. The van der Waals surface area contributed by atoms with Crippen LogP contribution in [0.15, 0.2) is 23.8 Å². The summed E-state index contributed by atoms with van der Waals surface area (Å²) in [5, 5.41) is 9.69. The largest absolute Gasteiger partial charge is 0.481 e. The molecule has 0 fully saturated rings. The number of carbonyl (C=O) groups is 1. The molecule has 2 unspecified atom stereocenters. The predicted octanol–water partition coefficient (Wildman–Crippen LogP) is 4.82. The number of carboxylic acid groups (broad SMARTS) is 1. The van der Waals surface area contributed by atoms with E-state index in [4.69, 9.17) is 5.73 Å². The third kappa shape index (κ3) is 5.28. The fraction of sp³-hybridized carbons (Fsp3) is 0.737. The maximum Gasteiger partial charge on any atom is 0.315 e. The molecule has 0 aromatic rings. The van der Waals surface area contributed by atoms with Gasteiger partial charge in [0.1, 0.15) is 5.41 Å². The molecule has 0 spiro atoms. The van der Waals surface area contributed by atoms with Gasteiger partial charge in [-0.2, -0.15) is 0 Å². The van der Waals surface area contributed by atoms with Crippen LogP contribution in [0.3, 0.4) is 0 Å². The Morgan fingerprint density at radius 2 is 1.77 bits per heavy atom. The van der Waals surface area contributed by atoms with E-state index in [0.29, 0.717) is 6.42 Å². The van der Waals surface area contributed by atoms with Gasteiger partial charge in [-0.25, -0.2) is 0 Å². The summed E-state index contributed by atoms with van der Waals surface area (Å²) in [4.78, 5) is 11.8. The molecule has 0 aromatic carbocycles. The predicted molar refractivity (Wildman–Crippen MR) is 92.8 cm³/mol. The van der Waals surface area contributed by atoms with Crippen LogP contribution in [0.25, 0.3) is 0 Å². The van der Waals surface area contributed by atoms with Gasteiger partial charge in [-0.05, 0) is 19.3 Å². The van der Waals surface area contributed by atoms with E-state index in [0.717, 1.165) is 38.5 Å². The molecule has 1 rings (SSSR count). The molecule has 0 radical (unpaired) electrons. The lowest BCUT2D eigenvalue weighted by atomic mass is 9.72. The normalized spacial score (nSPS) is 24.3. The molecule has 0 saturated carbocycles. The van der Waals surface area contributed by atoms with Crippen molar-refractivity contribution in [3.8, 4) is 0 Å². The van der Waals surface area contributed by atoms with E-state index in [9.17, 15) is 9.90 Å². The number of aliphatic carboxylic acids is 1. The van der Waals surface area contributed by atoms with Crippen LogP contribution in [0.2, 0.25) is 0 Å². The van der Waals surface area contributed by atoms with Crippen LogP contribution in [0.4, 0.5) is 0 Å². The van der Waals surface area contributed by atoms with Crippen LogP contribution in [0, 0.1) is 5.41 Å². The van der Waals surface area contributed by atoms with Gasteiger partial charge < -0.3 is 10.8 Å². The summed E-state index contributed by atoms with van der Waals surface area (Å²) in [5.41, 5.74) is 6.54. The second-order valence-corrected chi connectivity index (χ2v) is 6.57. The smallest absolute Gasteiger partial charge is 0.315 e. The lowest BCUT2D eigenvalue weighted by Crippen LogP contribution is -2.46. The fourth-order valence-electron chi connectivity index (χ4n) is 3.14. The molecule has 3 heteroatoms. The molecular weight excluding hydrogens is 274 g/mol. The summed E-state index contributed by atoms with van der Waals surface area (Å²) in [5.74, 6) is -0.783. The second kappa shape index (κ2) is 9.83. The van der Waals surface area contributed by atoms with Crippen molar-refractivity contribution in [3.05, 3.63) is 23.8 Å². The van der Waals surface area contributed by atoms with E-state index in [1.54, 1.807) is 0 Å². The van der Waals surface area contributed by atoms with Crippen molar-refractivity contribution < 1.29 is 9.90 Å². The van der Waals surface area contributed by atoms with Gasteiger partial charge in [0.05, 0.1) is 0 Å². The first-order valence-electron chi connectivity index (χ1n) is 8.95. The van der Waals surface area contributed by atoms with Gasteiger partial charge in [0, 0.05) is 6.04 Å². The number of hydrogen-bond acceptors (Lipinski definition) is 2. The van der Waals surface area contributed by atoms with E-state index in [-0.39, 0.29) is 0 Å². The molecule has 0 amide bonds. The minimum atomic E-state index is -0.902. The Morgan fingerprint density at radius 1 is 1.14 bits per heavy atom. The van der Waals surface area contributed by atoms with E-state index < -0.39 is 17.4 Å². The molecule has 0 aromatic heterocycles. The Labute approximate surface area is 135 Å². The maximum atomic E-state index is 11.8. The number of rotatable bonds is 11. The molecule has 126 valence electrons. The van der Waals surface area contributed by atoms with Gasteiger partial charge in [-0.3, -0.25) is 4.79 Å². The Bertz CT molecular complexity index is 400. The highest BCUT2D eigenvalue weighted by Crippen LogP contribution is 2.36. The topological polar surface area (TPSA) is 63.3 Å². The van der Waals surface area contributed by atoms with E-state index in [1.807, 2.05) is 18.2 Å². The quantitative estimate of drug-likeness (QED) is 0.538. The van der Waals surface area contributed by atoms with Crippen LogP contribution in [0.1, 0.15) is 78.1 Å². The first-order chi connectivity index (χ1) is 10.6. The lowest BCUT2D eigenvalue weighted by Gasteiger charge is -2.34. The van der Waals surface area contributed by atoms with Crippen molar-refractivity contribution in [3.63, 3.8) is 0 Å². The Kier molecular flexibility index (Phi) is 8.47. The highest BCUT2D eigenvalue weighted by molar-refractivity contribution is 5.79. The molecule has 0 aliphatic heterocycles. The van der Waals surface area contributed by atoms with Crippen molar-refractivity contribution in [2.24, 2.45) is 11.1 Å². The van der Waals surface area contributed by atoms with Crippen molar-refractivity contribution in [1.29, 1.82) is 0 Å². The molecule has 0 saturated heterocycles. The number of allylic oxidation sites excluding steroid dienone is 2. The van der Waals surface area contributed by atoms with Crippen molar-refractivity contribution in [1.82, 2.24) is 0 Å². The molecule has 3 N–H and O–H groups in total. The summed E-state index contributed by atoms with van der Waals surface area (Å²) >= 11 is 0. The molecule has 0 heterocycles. The average molecular weight is 307 g/mol. The Morgan fingerprint density at radius 3 is 2.32 bits per heavy atom. The highest BCUT2D eigenvalue weighted by Gasteiger charge is 2.42. The van der Waals surface area contributed by atoms with Crippen LogP contribution in [0.5, 0.6) is 0 Å². The van der Waals surface area contributed by atoms with E-state index in [2.05, 4.69) is 13.8 Å². The molecule has 22 heavy (non-hydrogen) atoms. The number of carboxylic acids is 1. The van der Waals surface area contributed by atoms with Gasteiger partial charge in [-0.1, -0.05) is 82.6 Å². The first-order valence-corrected chi connectivity index (χ1v) is 8.95. The lowest BCUT2D eigenvalue weighted by molar-refractivity contribution is -0.147. The SMILES string of the molecule is CCCCCCC1=CC(N)C(CCCCCC)(C(=O)O)C=C1. The summed E-state index contributed by atoms with van der Waals surface area (Å²) in [6, 6.07) is -0.405. The Hall–Kier alpha value is -1.09. The van der Waals surface area contributed by atoms with Crippen LogP contribution in [-0.4, -0.2) is 17.1 Å². The maximum absolute atomic E-state index is 11.8. The molecule has 3 nitrogen and oxygen atoms in total. The van der Waals surface area contributed by atoms with Crippen LogP contribution < -0.4 is 5.73 Å². The van der Waals surface area contributed by atoms with E-state index >= 15 is 0 Å². The number of nitrogens with two attached hydrogens (primary N) is 1. The number of hydrogen-bond donors (Lipinski definition) is 2. The summed E-state index contributed by atoms with van der Waals surface area (Å²) in [6.45, 7) is 4.36. The van der Waals surface area contributed by atoms with Gasteiger partial charge in [0.2, 0.25) is 0 Å². The molecular formula is C19H33NO2. The average Bonchev–Trinajstić information content (AvgIpc) is 2.49. The minimum absolute atomic E-state index is 0.405. The molecule has 1 aliphatic rings. The standard InChI is InChI=1S/C19H33NO2/c1-3-5-7-9-11-16-12-14-19(18(21)22,17(20)15-16)13-10-8-6-4-2/h12,14-15,17H,3-11,13,20H2,1-2H3,(H,21,22). The molecule has 2 atom stereocenters. The van der Waals surface area contributed by atoms with Gasteiger partial charge in [-0.15, -0.1) is 0 Å². The fourth-order valence-corrected chi connectivity index (χ4v) is 3.14. The third-order valence-corrected chi connectivity index (χ3v) is 4.74. The molecule has 0 bridgehead atoms. The third-order valence-electron chi connectivity index (χ3n) is 4.74. The van der Waals surface area contributed by atoms with Crippen molar-refractivity contribution in [2.75, 3.05) is 0 Å². The van der Waals surface area contributed by atoms with Crippen molar-refractivity contribution in [2.45, 2.75) is 84.1 Å². The summed E-state index contributed by atoms with van der Waals surface area (Å²) in [7, 11) is 0.